The smallest absolute Gasteiger partial charge is 0.269 e. The van der Waals surface area contributed by atoms with Crippen molar-refractivity contribution in [2.24, 2.45) is 0 Å². The normalized spacial score (nSPS) is 10.9. The van der Waals surface area contributed by atoms with Crippen molar-refractivity contribution < 1.29 is 9.66 Å². The van der Waals surface area contributed by atoms with E-state index in [-0.39, 0.29) is 5.69 Å². The first-order valence-electron chi connectivity index (χ1n) is 8.70. The van der Waals surface area contributed by atoms with Gasteiger partial charge >= 0.3 is 0 Å². The van der Waals surface area contributed by atoms with Gasteiger partial charge in [-0.15, -0.1) is 0 Å². The maximum atomic E-state index is 10.7. The molecule has 3 rings (SSSR count). The summed E-state index contributed by atoms with van der Waals surface area (Å²) in [6.07, 6.45) is 1.84. The molecule has 0 spiro atoms. The number of hydrogen-bond acceptors (Lipinski definition) is 4. The number of ether oxygens (including phenoxy) is 1. The summed E-state index contributed by atoms with van der Waals surface area (Å²) in [4.78, 5) is 10.2. The van der Waals surface area contributed by atoms with Crippen molar-refractivity contribution in [3.8, 4) is 11.8 Å². The van der Waals surface area contributed by atoms with Gasteiger partial charge in [0.15, 0.2) is 0 Å². The highest BCUT2D eigenvalue weighted by Gasteiger charge is 2.05. The van der Waals surface area contributed by atoms with Crippen LogP contribution in [-0.2, 0) is 6.61 Å². The molecule has 0 heterocycles. The Morgan fingerprint density at radius 2 is 1.68 bits per heavy atom. The van der Waals surface area contributed by atoms with Crippen LogP contribution in [0.25, 0.3) is 11.6 Å². The third kappa shape index (κ3) is 4.83. The number of nitro groups is 1. The second-order valence-electron chi connectivity index (χ2n) is 6.32. The van der Waals surface area contributed by atoms with Crippen LogP contribution in [0.3, 0.4) is 0 Å². The molecular weight excluding hydrogens is 352 g/mol. The Morgan fingerprint density at radius 3 is 2.25 bits per heavy atom. The molecule has 0 aliphatic carbocycles. The fourth-order valence-electron chi connectivity index (χ4n) is 2.62. The van der Waals surface area contributed by atoms with E-state index < -0.39 is 4.92 Å². The molecule has 138 valence electrons. The summed E-state index contributed by atoms with van der Waals surface area (Å²) in [6.45, 7) is 2.33. The molecule has 5 nitrogen and oxygen atoms in total. The van der Waals surface area contributed by atoms with E-state index in [9.17, 15) is 15.4 Å². The molecule has 0 atom stereocenters. The number of benzene rings is 3. The number of nitriles is 1. The lowest BCUT2D eigenvalue weighted by Crippen LogP contribution is -1.96. The third-order valence-electron chi connectivity index (χ3n) is 4.23. The minimum atomic E-state index is -0.428. The first kappa shape index (κ1) is 18.9. The van der Waals surface area contributed by atoms with Crippen molar-refractivity contribution in [3.05, 3.63) is 105 Å². The number of hydrogen-bond donors (Lipinski definition) is 0. The van der Waals surface area contributed by atoms with Crippen LogP contribution in [0.1, 0.15) is 22.3 Å². The summed E-state index contributed by atoms with van der Waals surface area (Å²) >= 11 is 0. The zero-order valence-electron chi connectivity index (χ0n) is 15.3. The largest absolute Gasteiger partial charge is 0.489 e. The maximum Gasteiger partial charge on any atom is 0.269 e. The lowest BCUT2D eigenvalue weighted by molar-refractivity contribution is -0.384. The van der Waals surface area contributed by atoms with Gasteiger partial charge in [-0.25, -0.2) is 0 Å². The lowest BCUT2D eigenvalue weighted by atomic mass is 10.0. The highest BCUT2D eigenvalue weighted by Crippen LogP contribution is 2.21. The van der Waals surface area contributed by atoms with Crippen LogP contribution in [0.15, 0.2) is 72.8 Å². The summed E-state index contributed by atoms with van der Waals surface area (Å²) in [6, 6.07) is 23.8. The Labute approximate surface area is 163 Å². The van der Waals surface area contributed by atoms with E-state index >= 15 is 0 Å². The summed E-state index contributed by atoms with van der Waals surface area (Å²) in [7, 11) is 0. The van der Waals surface area contributed by atoms with Crippen molar-refractivity contribution >= 4 is 17.3 Å². The number of nitrogens with zero attached hydrogens (tertiary/aromatic N) is 2. The lowest BCUT2D eigenvalue weighted by Gasteiger charge is -2.07. The molecule has 0 bridgehead atoms. The van der Waals surface area contributed by atoms with Crippen LogP contribution >= 0.6 is 0 Å². The summed E-state index contributed by atoms with van der Waals surface area (Å²) in [5.41, 5.74) is 4.43. The molecule has 3 aromatic carbocycles. The zero-order chi connectivity index (χ0) is 19.9. The second kappa shape index (κ2) is 8.65. The molecule has 0 saturated heterocycles. The van der Waals surface area contributed by atoms with Crippen LogP contribution in [-0.4, -0.2) is 4.92 Å². The molecule has 0 aromatic heterocycles. The van der Waals surface area contributed by atoms with Crippen molar-refractivity contribution in [3.63, 3.8) is 0 Å². The Morgan fingerprint density at radius 1 is 1.04 bits per heavy atom. The molecular formula is C23H18N2O3. The second-order valence-corrected chi connectivity index (χ2v) is 6.32. The van der Waals surface area contributed by atoms with Gasteiger partial charge in [0, 0.05) is 12.1 Å². The molecule has 0 saturated carbocycles. The average Bonchev–Trinajstić information content (AvgIpc) is 2.72. The zero-order valence-corrected chi connectivity index (χ0v) is 15.3. The van der Waals surface area contributed by atoms with E-state index in [0.717, 1.165) is 22.3 Å². The Hall–Kier alpha value is -3.91. The highest BCUT2D eigenvalue weighted by molar-refractivity contribution is 5.89. The van der Waals surface area contributed by atoms with Crippen molar-refractivity contribution in [2.75, 3.05) is 0 Å². The molecule has 0 amide bonds. The van der Waals surface area contributed by atoms with Gasteiger partial charge in [0.05, 0.1) is 16.6 Å². The Balaban J connectivity index is 1.66. The molecule has 0 aliphatic heterocycles. The highest BCUT2D eigenvalue weighted by atomic mass is 16.6. The molecule has 0 aliphatic rings. The molecule has 28 heavy (non-hydrogen) atoms. The quantitative estimate of drug-likeness (QED) is 0.247. The van der Waals surface area contributed by atoms with E-state index in [0.29, 0.717) is 17.9 Å². The SMILES string of the molecule is Cc1ccc(/C(C#N)=C\c2ccc(OCc3ccc([N+](=O)[O-])cc3)cc2)cc1. The number of aryl methyl sites for hydroxylation is 1. The van der Waals surface area contributed by atoms with Gasteiger partial charge in [0.1, 0.15) is 12.4 Å². The van der Waals surface area contributed by atoms with Crippen LogP contribution in [0.2, 0.25) is 0 Å². The van der Waals surface area contributed by atoms with Crippen molar-refractivity contribution in [2.45, 2.75) is 13.5 Å². The first-order chi connectivity index (χ1) is 13.5. The predicted octanol–water partition coefficient (Wildman–Crippen LogP) is 5.55. The summed E-state index contributed by atoms with van der Waals surface area (Å²) in [5.74, 6) is 0.685. The first-order valence-corrected chi connectivity index (χ1v) is 8.70. The van der Waals surface area contributed by atoms with E-state index in [1.54, 1.807) is 12.1 Å². The van der Waals surface area contributed by atoms with E-state index in [4.69, 9.17) is 4.74 Å². The van der Waals surface area contributed by atoms with Gasteiger partial charge in [0.25, 0.3) is 5.69 Å². The monoisotopic (exact) mass is 370 g/mol. The van der Waals surface area contributed by atoms with E-state index in [1.165, 1.54) is 12.1 Å². The van der Waals surface area contributed by atoms with Crippen LogP contribution in [0.4, 0.5) is 5.69 Å². The standard InChI is InChI=1S/C23H18N2O3/c1-17-2-8-20(9-3-17)21(15-24)14-18-6-12-23(13-7-18)28-16-19-4-10-22(11-5-19)25(26)27/h2-14H,16H2,1H3/b21-14-. The number of nitro benzene ring substituents is 1. The molecule has 0 fully saturated rings. The number of allylic oxidation sites excluding steroid dienone is 1. The van der Waals surface area contributed by atoms with Gasteiger partial charge in [-0.1, -0.05) is 42.0 Å². The van der Waals surface area contributed by atoms with Crippen molar-refractivity contribution in [1.29, 1.82) is 5.26 Å². The van der Waals surface area contributed by atoms with Gasteiger partial charge in [-0.2, -0.15) is 5.26 Å². The van der Waals surface area contributed by atoms with E-state index in [1.807, 2.05) is 61.5 Å². The third-order valence-corrected chi connectivity index (χ3v) is 4.23. The van der Waals surface area contributed by atoms with Crippen LogP contribution in [0, 0.1) is 28.4 Å². The molecule has 0 unspecified atom stereocenters. The van der Waals surface area contributed by atoms with Crippen molar-refractivity contribution in [1.82, 2.24) is 0 Å². The Bertz CT molecular complexity index is 1030. The van der Waals surface area contributed by atoms with Gasteiger partial charge in [-0.3, -0.25) is 10.1 Å². The topological polar surface area (TPSA) is 76.2 Å². The average molecular weight is 370 g/mol. The van der Waals surface area contributed by atoms with E-state index in [2.05, 4.69) is 6.07 Å². The summed E-state index contributed by atoms with van der Waals surface area (Å²) < 4.78 is 5.72. The molecule has 3 aromatic rings. The predicted molar refractivity (Wildman–Crippen MR) is 109 cm³/mol. The van der Waals surface area contributed by atoms with Crippen LogP contribution < -0.4 is 4.74 Å². The van der Waals surface area contributed by atoms with Gasteiger partial charge in [0.2, 0.25) is 0 Å². The summed E-state index contributed by atoms with van der Waals surface area (Å²) in [5, 5.41) is 20.1. The minimum Gasteiger partial charge on any atom is -0.489 e. The Kier molecular flexibility index (Phi) is 5.83. The molecule has 5 heteroatoms. The number of rotatable bonds is 6. The number of non-ortho nitro benzene ring substituents is 1. The fraction of sp³-hybridized carbons (Fsp3) is 0.0870. The maximum absolute atomic E-state index is 10.7. The fourth-order valence-corrected chi connectivity index (χ4v) is 2.62. The minimum absolute atomic E-state index is 0.0572. The van der Waals surface area contributed by atoms with Gasteiger partial charge < -0.3 is 4.74 Å². The molecule has 0 radical (unpaired) electrons. The van der Waals surface area contributed by atoms with Gasteiger partial charge in [-0.05, 0) is 54.0 Å². The molecule has 0 N–H and O–H groups in total. The van der Waals surface area contributed by atoms with Crippen LogP contribution in [0.5, 0.6) is 5.75 Å².